The van der Waals surface area contributed by atoms with E-state index in [0.29, 0.717) is 16.9 Å². The van der Waals surface area contributed by atoms with Gasteiger partial charge in [0.05, 0.1) is 4.53 Å². The minimum absolute atomic E-state index is 0.193. The van der Waals surface area contributed by atoms with Crippen LogP contribution >= 0.6 is 11.3 Å². The van der Waals surface area contributed by atoms with Gasteiger partial charge >= 0.3 is 0 Å². The molecule has 0 unspecified atom stereocenters. The summed E-state index contributed by atoms with van der Waals surface area (Å²) in [7, 11) is 0. The Hall–Kier alpha value is -2.80. The lowest BCUT2D eigenvalue weighted by Gasteiger charge is -2.05. The van der Waals surface area contributed by atoms with Gasteiger partial charge in [-0.2, -0.15) is 14.6 Å². The van der Waals surface area contributed by atoms with Crippen molar-refractivity contribution < 1.29 is 4.74 Å². The first kappa shape index (κ1) is 15.1. The number of para-hydroxylation sites is 1. The van der Waals surface area contributed by atoms with Gasteiger partial charge in [-0.15, -0.1) is 0 Å². The number of rotatable bonds is 4. The van der Waals surface area contributed by atoms with Gasteiger partial charge in [-0.3, -0.25) is 9.59 Å². The van der Waals surface area contributed by atoms with Crippen LogP contribution in [0.15, 0.2) is 46.5 Å². The molecule has 0 aliphatic carbocycles. The second-order valence-electron chi connectivity index (χ2n) is 4.75. The van der Waals surface area contributed by atoms with Crippen molar-refractivity contribution in [1.29, 1.82) is 0 Å². The maximum absolute atomic E-state index is 12.4. The number of nitrogens with zero attached hydrogens (tertiary/aromatic N) is 3. The van der Waals surface area contributed by atoms with Gasteiger partial charge in [0, 0.05) is 5.56 Å². The molecule has 1 aromatic carbocycles. The van der Waals surface area contributed by atoms with Crippen LogP contribution in [0.4, 0.5) is 0 Å². The third kappa shape index (κ3) is 2.91. The van der Waals surface area contributed by atoms with E-state index in [2.05, 4.69) is 16.7 Å². The molecule has 0 aliphatic heterocycles. The van der Waals surface area contributed by atoms with Crippen LogP contribution in [0.5, 0.6) is 5.75 Å². The summed E-state index contributed by atoms with van der Waals surface area (Å²) in [6, 6.07) is 7.37. The summed E-state index contributed by atoms with van der Waals surface area (Å²) < 4.78 is 7.16. The van der Waals surface area contributed by atoms with Crippen molar-refractivity contribution >= 4 is 22.4 Å². The van der Waals surface area contributed by atoms with Gasteiger partial charge in [-0.05, 0) is 19.1 Å². The van der Waals surface area contributed by atoms with E-state index in [1.54, 1.807) is 12.2 Å². The standard InChI is InChI=1S/C16H13N3O3S/c1-3-8-22-12-7-5-4-6-11(12)9-13-15(21)19-16(23-13)17-14(20)10(2)18-19/h3-7,9H,1,8H2,2H3/b13-9+. The fourth-order valence-corrected chi connectivity index (χ4v) is 2.90. The zero-order chi connectivity index (χ0) is 16.4. The lowest BCUT2D eigenvalue weighted by molar-refractivity contribution is 0.362. The third-order valence-electron chi connectivity index (χ3n) is 3.10. The number of benzene rings is 1. The lowest BCUT2D eigenvalue weighted by Crippen LogP contribution is -2.27. The SMILES string of the molecule is C=CCOc1ccccc1/C=c1/sc2nc(=O)c(C)nn2c1=O. The van der Waals surface area contributed by atoms with Gasteiger partial charge in [-0.1, -0.05) is 42.2 Å². The molecule has 3 rings (SSSR count). The monoisotopic (exact) mass is 327 g/mol. The predicted molar refractivity (Wildman–Crippen MR) is 89.1 cm³/mol. The molecule has 0 saturated carbocycles. The molecule has 0 radical (unpaired) electrons. The number of aryl methyl sites for hydroxylation is 1. The summed E-state index contributed by atoms with van der Waals surface area (Å²) in [6.45, 7) is 5.52. The molecule has 7 heteroatoms. The molecular weight excluding hydrogens is 314 g/mol. The first-order chi connectivity index (χ1) is 11.1. The van der Waals surface area contributed by atoms with E-state index in [0.717, 1.165) is 21.4 Å². The topological polar surface area (TPSA) is 73.6 Å². The second-order valence-corrected chi connectivity index (χ2v) is 5.76. The molecule has 2 heterocycles. The fraction of sp³-hybridized carbons (Fsp3) is 0.125. The second kappa shape index (κ2) is 6.13. The van der Waals surface area contributed by atoms with Crippen molar-refractivity contribution in [3.63, 3.8) is 0 Å². The predicted octanol–water partition coefficient (Wildman–Crippen LogP) is 0.932. The number of fused-ring (bicyclic) bond motifs is 1. The molecule has 23 heavy (non-hydrogen) atoms. The number of thiazole rings is 1. The normalized spacial score (nSPS) is 11.8. The van der Waals surface area contributed by atoms with E-state index in [9.17, 15) is 9.59 Å². The van der Waals surface area contributed by atoms with E-state index >= 15 is 0 Å². The van der Waals surface area contributed by atoms with Crippen LogP contribution in [-0.4, -0.2) is 21.2 Å². The molecule has 116 valence electrons. The van der Waals surface area contributed by atoms with Crippen LogP contribution in [0.2, 0.25) is 0 Å². The average Bonchev–Trinajstić information content (AvgIpc) is 2.83. The lowest BCUT2D eigenvalue weighted by atomic mass is 10.2. The molecule has 0 bridgehead atoms. The van der Waals surface area contributed by atoms with Crippen LogP contribution < -0.4 is 20.4 Å². The van der Waals surface area contributed by atoms with Gasteiger partial charge < -0.3 is 4.74 Å². The average molecular weight is 327 g/mol. The molecule has 6 nitrogen and oxygen atoms in total. The van der Waals surface area contributed by atoms with Gasteiger partial charge in [0.15, 0.2) is 0 Å². The van der Waals surface area contributed by atoms with E-state index in [1.807, 2.05) is 24.3 Å². The van der Waals surface area contributed by atoms with Crippen molar-refractivity contribution in [2.75, 3.05) is 6.61 Å². The number of hydrogen-bond acceptors (Lipinski definition) is 6. The molecule has 0 fully saturated rings. The first-order valence-corrected chi connectivity index (χ1v) is 7.67. The number of aromatic nitrogens is 3. The molecule has 0 saturated heterocycles. The van der Waals surface area contributed by atoms with Crippen molar-refractivity contribution in [3.05, 3.63) is 73.4 Å². The van der Waals surface area contributed by atoms with Crippen molar-refractivity contribution in [1.82, 2.24) is 14.6 Å². The van der Waals surface area contributed by atoms with Gasteiger partial charge in [0.1, 0.15) is 18.1 Å². The third-order valence-corrected chi connectivity index (χ3v) is 4.06. The van der Waals surface area contributed by atoms with E-state index in [-0.39, 0.29) is 16.2 Å². The van der Waals surface area contributed by atoms with Crippen LogP contribution in [0, 0.1) is 6.92 Å². The van der Waals surface area contributed by atoms with Crippen LogP contribution in [0.1, 0.15) is 11.3 Å². The van der Waals surface area contributed by atoms with E-state index in [4.69, 9.17) is 4.74 Å². The highest BCUT2D eigenvalue weighted by molar-refractivity contribution is 7.15. The molecule has 0 aliphatic rings. The Morgan fingerprint density at radius 3 is 2.91 bits per heavy atom. The summed E-state index contributed by atoms with van der Waals surface area (Å²) >= 11 is 1.12. The number of ether oxygens (including phenoxy) is 1. The van der Waals surface area contributed by atoms with E-state index in [1.165, 1.54) is 6.92 Å². The van der Waals surface area contributed by atoms with Crippen LogP contribution in [0.3, 0.4) is 0 Å². The van der Waals surface area contributed by atoms with Gasteiger partial charge in [0.25, 0.3) is 11.1 Å². The molecular formula is C16H13N3O3S. The Bertz CT molecular complexity index is 1050. The number of hydrogen-bond donors (Lipinski definition) is 0. The van der Waals surface area contributed by atoms with Crippen molar-refractivity contribution in [2.24, 2.45) is 0 Å². The summed E-state index contributed by atoms with van der Waals surface area (Å²) in [5, 5.41) is 3.98. The highest BCUT2D eigenvalue weighted by Gasteiger charge is 2.09. The van der Waals surface area contributed by atoms with Crippen LogP contribution in [-0.2, 0) is 0 Å². The Morgan fingerprint density at radius 1 is 1.35 bits per heavy atom. The molecule has 0 spiro atoms. The summed E-state index contributed by atoms with van der Waals surface area (Å²) in [6.07, 6.45) is 3.36. The minimum atomic E-state index is -0.424. The maximum atomic E-state index is 12.4. The summed E-state index contributed by atoms with van der Waals surface area (Å²) in [4.78, 5) is 28.1. The highest BCUT2D eigenvalue weighted by atomic mass is 32.1. The van der Waals surface area contributed by atoms with Crippen molar-refractivity contribution in [2.45, 2.75) is 6.92 Å². The summed E-state index contributed by atoms with van der Waals surface area (Å²) in [5.41, 5.74) is 0.225. The maximum Gasteiger partial charge on any atom is 0.295 e. The molecule has 3 aromatic rings. The molecule has 2 aromatic heterocycles. The first-order valence-electron chi connectivity index (χ1n) is 6.85. The molecule has 0 N–H and O–H groups in total. The zero-order valence-corrected chi connectivity index (χ0v) is 13.2. The zero-order valence-electron chi connectivity index (χ0n) is 12.4. The quantitative estimate of drug-likeness (QED) is 0.667. The Labute approximate surface area is 135 Å². The molecule has 0 amide bonds. The smallest absolute Gasteiger partial charge is 0.295 e. The fourth-order valence-electron chi connectivity index (χ4n) is 2.01. The minimum Gasteiger partial charge on any atom is -0.489 e. The largest absolute Gasteiger partial charge is 0.489 e. The van der Waals surface area contributed by atoms with Gasteiger partial charge in [-0.25, -0.2) is 0 Å². The Kier molecular flexibility index (Phi) is 4.03. The Balaban J connectivity index is 2.19. The Morgan fingerprint density at radius 2 is 2.13 bits per heavy atom. The van der Waals surface area contributed by atoms with E-state index < -0.39 is 5.56 Å². The van der Waals surface area contributed by atoms with Gasteiger partial charge in [0.2, 0.25) is 4.96 Å². The van der Waals surface area contributed by atoms with Crippen LogP contribution in [0.25, 0.3) is 11.0 Å². The van der Waals surface area contributed by atoms with Crippen molar-refractivity contribution in [3.8, 4) is 5.75 Å². The highest BCUT2D eigenvalue weighted by Crippen LogP contribution is 2.18. The molecule has 0 atom stereocenters. The summed E-state index contributed by atoms with van der Waals surface area (Å²) in [5.74, 6) is 0.649.